The van der Waals surface area contributed by atoms with Crippen LogP contribution in [0.3, 0.4) is 0 Å². The highest BCUT2D eigenvalue weighted by atomic mass is 32.2. The summed E-state index contributed by atoms with van der Waals surface area (Å²) in [6.07, 6.45) is 2.69. The number of nitrogens with zero attached hydrogens (tertiary/aromatic N) is 1. The average Bonchev–Trinajstić information content (AvgIpc) is 2.46. The Bertz CT molecular complexity index is 675. The lowest BCUT2D eigenvalue weighted by Crippen LogP contribution is -2.50. The molecule has 1 fully saturated rings. The van der Waals surface area contributed by atoms with Gasteiger partial charge in [-0.3, -0.25) is 0 Å². The van der Waals surface area contributed by atoms with Crippen LogP contribution in [0.4, 0.5) is 10.5 Å². The molecule has 1 aliphatic heterocycles. The van der Waals surface area contributed by atoms with Crippen LogP contribution in [0.15, 0.2) is 18.2 Å². The molecule has 128 valence electrons. The van der Waals surface area contributed by atoms with Crippen LogP contribution in [0, 0.1) is 6.92 Å². The van der Waals surface area contributed by atoms with Gasteiger partial charge in [-0.05, 0) is 43.5 Å². The molecule has 8 heteroatoms. The van der Waals surface area contributed by atoms with E-state index in [1.807, 2.05) is 13.0 Å². The van der Waals surface area contributed by atoms with Gasteiger partial charge in [0.15, 0.2) is 0 Å². The van der Waals surface area contributed by atoms with Gasteiger partial charge < -0.3 is 15.4 Å². The maximum atomic E-state index is 12.1. The predicted molar refractivity (Wildman–Crippen MR) is 89.3 cm³/mol. The van der Waals surface area contributed by atoms with Gasteiger partial charge in [-0.15, -0.1) is 0 Å². The van der Waals surface area contributed by atoms with Gasteiger partial charge in [-0.2, -0.15) is 0 Å². The van der Waals surface area contributed by atoms with Gasteiger partial charge in [-0.25, -0.2) is 17.5 Å². The smallest absolute Gasteiger partial charge is 0.319 e. The molecular formula is C15H23N3O4S. The lowest BCUT2D eigenvalue weighted by molar-refractivity contribution is 0.236. The number of hydrogen-bond acceptors (Lipinski definition) is 4. The molecule has 2 rings (SSSR count). The van der Waals surface area contributed by atoms with Crippen molar-refractivity contribution in [2.45, 2.75) is 25.8 Å². The van der Waals surface area contributed by atoms with E-state index in [0.29, 0.717) is 18.8 Å². The third kappa shape index (κ3) is 4.84. The largest absolute Gasteiger partial charge is 0.496 e. The number of ether oxygens (including phenoxy) is 1. The standard InChI is InChI=1S/C15H23N3O4S/c1-11-9-12(6-7-14(11)22-2)16-15(19)17-13-5-4-8-18(10-13)23(3,20)21/h6-7,9,13H,4-5,8,10H2,1-3H3,(H2,16,17,19). The monoisotopic (exact) mass is 341 g/mol. The summed E-state index contributed by atoms with van der Waals surface area (Å²) in [6, 6.07) is 4.85. The van der Waals surface area contributed by atoms with Gasteiger partial charge >= 0.3 is 6.03 Å². The minimum atomic E-state index is -3.22. The topological polar surface area (TPSA) is 87.7 Å². The van der Waals surface area contributed by atoms with Crippen molar-refractivity contribution in [3.63, 3.8) is 0 Å². The van der Waals surface area contributed by atoms with Crippen molar-refractivity contribution < 1.29 is 17.9 Å². The molecule has 0 aromatic heterocycles. The molecule has 0 aliphatic carbocycles. The molecule has 1 heterocycles. The first-order chi connectivity index (χ1) is 10.8. The molecule has 23 heavy (non-hydrogen) atoms. The highest BCUT2D eigenvalue weighted by Crippen LogP contribution is 2.21. The molecule has 1 aromatic carbocycles. The van der Waals surface area contributed by atoms with Gasteiger partial charge in [0.2, 0.25) is 10.0 Å². The molecule has 2 N–H and O–H groups in total. The first-order valence-corrected chi connectivity index (χ1v) is 9.31. The van der Waals surface area contributed by atoms with E-state index in [4.69, 9.17) is 4.74 Å². The summed E-state index contributed by atoms with van der Waals surface area (Å²) in [4.78, 5) is 12.1. The van der Waals surface area contributed by atoms with E-state index in [2.05, 4.69) is 10.6 Å². The quantitative estimate of drug-likeness (QED) is 0.870. The summed E-state index contributed by atoms with van der Waals surface area (Å²) in [7, 11) is -1.62. The van der Waals surface area contributed by atoms with Gasteiger partial charge in [-0.1, -0.05) is 0 Å². The fourth-order valence-corrected chi connectivity index (χ4v) is 3.58. The Morgan fingerprint density at radius 2 is 2.13 bits per heavy atom. The second-order valence-electron chi connectivity index (χ2n) is 5.74. The molecular weight excluding hydrogens is 318 g/mol. The number of sulfonamides is 1. The Kier molecular flexibility index (Phi) is 5.48. The number of amides is 2. The molecule has 1 atom stereocenters. The summed E-state index contributed by atoms with van der Waals surface area (Å²) < 4.78 is 29.8. The van der Waals surface area contributed by atoms with Crippen molar-refractivity contribution in [1.82, 2.24) is 9.62 Å². The first-order valence-electron chi connectivity index (χ1n) is 7.47. The fraction of sp³-hybridized carbons (Fsp3) is 0.533. The van der Waals surface area contributed by atoms with E-state index >= 15 is 0 Å². The zero-order valence-electron chi connectivity index (χ0n) is 13.6. The average molecular weight is 341 g/mol. The van der Waals surface area contributed by atoms with Crippen molar-refractivity contribution in [1.29, 1.82) is 0 Å². The second-order valence-corrected chi connectivity index (χ2v) is 7.73. The SMILES string of the molecule is COc1ccc(NC(=O)NC2CCCN(S(C)(=O)=O)C2)cc1C. The normalized spacial score (nSPS) is 19.2. The van der Waals surface area contributed by atoms with Crippen LogP contribution >= 0.6 is 0 Å². The Labute approximate surface area is 137 Å². The number of nitrogens with one attached hydrogen (secondary N) is 2. The number of anilines is 1. The number of piperidine rings is 1. The van der Waals surface area contributed by atoms with Crippen molar-refractivity contribution in [3.8, 4) is 5.75 Å². The van der Waals surface area contributed by atoms with Crippen LogP contribution in [0.2, 0.25) is 0 Å². The number of methoxy groups -OCH3 is 1. The molecule has 0 saturated carbocycles. The van der Waals surface area contributed by atoms with Crippen molar-refractivity contribution in [3.05, 3.63) is 23.8 Å². The Morgan fingerprint density at radius 3 is 2.74 bits per heavy atom. The number of hydrogen-bond donors (Lipinski definition) is 2. The summed E-state index contributed by atoms with van der Waals surface area (Å²) in [6.45, 7) is 2.72. The van der Waals surface area contributed by atoms with Crippen LogP contribution in [-0.2, 0) is 10.0 Å². The fourth-order valence-electron chi connectivity index (χ4n) is 2.67. The number of carbonyl (C=O) groups excluding carboxylic acids is 1. The van der Waals surface area contributed by atoms with E-state index in [9.17, 15) is 13.2 Å². The van der Waals surface area contributed by atoms with Crippen molar-refractivity contribution >= 4 is 21.7 Å². The molecule has 1 aromatic rings. The molecule has 1 unspecified atom stereocenters. The van der Waals surface area contributed by atoms with Crippen molar-refractivity contribution in [2.75, 3.05) is 31.8 Å². The highest BCUT2D eigenvalue weighted by molar-refractivity contribution is 7.88. The lowest BCUT2D eigenvalue weighted by atomic mass is 10.1. The van der Waals surface area contributed by atoms with E-state index in [1.54, 1.807) is 19.2 Å². The molecule has 7 nitrogen and oxygen atoms in total. The first kappa shape index (κ1) is 17.6. The summed E-state index contributed by atoms with van der Waals surface area (Å²) in [5.74, 6) is 0.757. The van der Waals surface area contributed by atoms with E-state index in [1.165, 1.54) is 10.6 Å². The zero-order chi connectivity index (χ0) is 17.0. The Hall–Kier alpha value is -1.80. The highest BCUT2D eigenvalue weighted by Gasteiger charge is 2.26. The van der Waals surface area contributed by atoms with Crippen LogP contribution in [0.1, 0.15) is 18.4 Å². The summed E-state index contributed by atoms with van der Waals surface area (Å²) in [5.41, 5.74) is 1.59. The molecule has 0 radical (unpaired) electrons. The minimum Gasteiger partial charge on any atom is -0.496 e. The van der Waals surface area contributed by atoms with E-state index in [-0.39, 0.29) is 12.1 Å². The maximum Gasteiger partial charge on any atom is 0.319 e. The van der Waals surface area contributed by atoms with Crippen LogP contribution in [-0.4, -0.2) is 51.3 Å². The Balaban J connectivity index is 1.93. The third-order valence-corrected chi connectivity index (χ3v) is 5.11. The minimum absolute atomic E-state index is 0.183. The maximum absolute atomic E-state index is 12.1. The summed E-state index contributed by atoms with van der Waals surface area (Å²) >= 11 is 0. The van der Waals surface area contributed by atoms with Crippen LogP contribution < -0.4 is 15.4 Å². The number of benzene rings is 1. The number of urea groups is 1. The van der Waals surface area contributed by atoms with Crippen LogP contribution in [0.5, 0.6) is 5.75 Å². The van der Waals surface area contributed by atoms with E-state index < -0.39 is 10.0 Å². The van der Waals surface area contributed by atoms with Gasteiger partial charge in [0, 0.05) is 24.8 Å². The predicted octanol–water partition coefficient (Wildman–Crippen LogP) is 1.55. The van der Waals surface area contributed by atoms with Crippen LogP contribution in [0.25, 0.3) is 0 Å². The molecule has 1 saturated heterocycles. The lowest BCUT2D eigenvalue weighted by Gasteiger charge is -2.31. The number of rotatable bonds is 4. The molecule has 2 amide bonds. The number of carbonyl (C=O) groups is 1. The van der Waals surface area contributed by atoms with Gasteiger partial charge in [0.1, 0.15) is 5.75 Å². The van der Waals surface area contributed by atoms with Crippen molar-refractivity contribution in [2.24, 2.45) is 0 Å². The summed E-state index contributed by atoms with van der Waals surface area (Å²) in [5, 5.41) is 5.59. The molecule has 1 aliphatic rings. The van der Waals surface area contributed by atoms with Gasteiger partial charge in [0.05, 0.1) is 13.4 Å². The van der Waals surface area contributed by atoms with Gasteiger partial charge in [0.25, 0.3) is 0 Å². The second kappa shape index (κ2) is 7.18. The Morgan fingerprint density at radius 1 is 1.39 bits per heavy atom. The third-order valence-electron chi connectivity index (χ3n) is 3.84. The molecule has 0 spiro atoms. The zero-order valence-corrected chi connectivity index (χ0v) is 14.4. The number of aryl methyl sites for hydroxylation is 1. The molecule has 0 bridgehead atoms. The van der Waals surface area contributed by atoms with E-state index in [0.717, 1.165) is 24.2 Å².